The van der Waals surface area contributed by atoms with E-state index in [2.05, 4.69) is 15.5 Å². The summed E-state index contributed by atoms with van der Waals surface area (Å²) in [7, 11) is 0. The van der Waals surface area contributed by atoms with E-state index in [4.69, 9.17) is 4.74 Å². The Labute approximate surface area is 150 Å². The van der Waals surface area contributed by atoms with Gasteiger partial charge in [-0.2, -0.15) is 5.10 Å². The fraction of sp³-hybridized carbons (Fsp3) is 0.389. The van der Waals surface area contributed by atoms with Crippen molar-refractivity contribution in [2.24, 2.45) is 0 Å². The molecule has 0 spiro atoms. The first kappa shape index (κ1) is 17.9. The zero-order valence-electron chi connectivity index (χ0n) is 14.5. The van der Waals surface area contributed by atoms with Crippen molar-refractivity contribution in [1.29, 1.82) is 0 Å². The number of ether oxygens (including phenoxy) is 1. The van der Waals surface area contributed by atoms with Crippen molar-refractivity contribution >= 4 is 11.8 Å². The van der Waals surface area contributed by atoms with E-state index in [-0.39, 0.29) is 35.9 Å². The number of benzene rings is 1. The molecule has 7 nitrogen and oxygen atoms in total. The molecule has 1 saturated heterocycles. The van der Waals surface area contributed by atoms with Crippen molar-refractivity contribution in [2.45, 2.75) is 32.4 Å². The van der Waals surface area contributed by atoms with Crippen LogP contribution in [0.3, 0.4) is 0 Å². The SMILES string of the molecule is CCCN1CC(NC(=O)c2cc(COc3ccccc3F)[nH]n2)CC1=O. The summed E-state index contributed by atoms with van der Waals surface area (Å²) in [6.07, 6.45) is 1.19. The van der Waals surface area contributed by atoms with Crippen molar-refractivity contribution < 1.29 is 18.7 Å². The third kappa shape index (κ3) is 4.19. The number of amides is 2. The predicted octanol–water partition coefficient (Wildman–Crippen LogP) is 1.87. The Bertz CT molecular complexity index is 792. The van der Waals surface area contributed by atoms with Gasteiger partial charge in [0.2, 0.25) is 5.91 Å². The van der Waals surface area contributed by atoms with Gasteiger partial charge in [0, 0.05) is 19.5 Å². The minimum atomic E-state index is -0.451. The Kier molecular flexibility index (Phi) is 5.50. The second-order valence-electron chi connectivity index (χ2n) is 6.21. The summed E-state index contributed by atoms with van der Waals surface area (Å²) in [6.45, 7) is 3.29. The lowest BCUT2D eigenvalue weighted by molar-refractivity contribution is -0.127. The number of H-pyrrole nitrogens is 1. The van der Waals surface area contributed by atoms with Crippen molar-refractivity contribution in [3.8, 4) is 5.75 Å². The molecule has 1 unspecified atom stereocenters. The normalized spacial score (nSPS) is 16.8. The predicted molar refractivity (Wildman–Crippen MR) is 92.1 cm³/mol. The third-order valence-electron chi connectivity index (χ3n) is 4.13. The lowest BCUT2D eigenvalue weighted by Gasteiger charge is -2.15. The first-order valence-corrected chi connectivity index (χ1v) is 8.57. The molecule has 0 radical (unpaired) electrons. The van der Waals surface area contributed by atoms with Gasteiger partial charge < -0.3 is 15.0 Å². The van der Waals surface area contributed by atoms with Crippen LogP contribution in [-0.4, -0.2) is 46.0 Å². The maximum absolute atomic E-state index is 13.5. The van der Waals surface area contributed by atoms with Crippen LogP contribution in [0, 0.1) is 5.82 Å². The van der Waals surface area contributed by atoms with Gasteiger partial charge in [0.25, 0.3) is 5.91 Å². The summed E-state index contributed by atoms with van der Waals surface area (Å²) in [6, 6.07) is 7.43. The van der Waals surface area contributed by atoms with Gasteiger partial charge in [-0.05, 0) is 24.6 Å². The maximum Gasteiger partial charge on any atom is 0.272 e. The van der Waals surface area contributed by atoms with E-state index in [1.807, 2.05) is 6.92 Å². The number of nitrogens with one attached hydrogen (secondary N) is 2. The number of hydrogen-bond donors (Lipinski definition) is 2. The first-order valence-electron chi connectivity index (χ1n) is 8.57. The molecule has 1 aliphatic heterocycles. The molecule has 1 atom stereocenters. The summed E-state index contributed by atoms with van der Waals surface area (Å²) >= 11 is 0. The lowest BCUT2D eigenvalue weighted by atomic mass is 10.2. The summed E-state index contributed by atoms with van der Waals surface area (Å²) in [4.78, 5) is 25.9. The minimum absolute atomic E-state index is 0.0538. The molecule has 1 fully saturated rings. The summed E-state index contributed by atoms with van der Waals surface area (Å²) < 4.78 is 18.9. The van der Waals surface area contributed by atoms with Gasteiger partial charge in [0.05, 0.1) is 11.7 Å². The van der Waals surface area contributed by atoms with E-state index in [1.165, 1.54) is 12.1 Å². The zero-order valence-corrected chi connectivity index (χ0v) is 14.5. The topological polar surface area (TPSA) is 87.3 Å². The Balaban J connectivity index is 1.53. The van der Waals surface area contributed by atoms with Gasteiger partial charge in [-0.3, -0.25) is 14.7 Å². The highest BCUT2D eigenvalue weighted by atomic mass is 19.1. The molecule has 0 bridgehead atoms. The van der Waals surface area contributed by atoms with Crippen LogP contribution in [0.25, 0.3) is 0 Å². The monoisotopic (exact) mass is 360 g/mol. The van der Waals surface area contributed by atoms with Gasteiger partial charge in [0.1, 0.15) is 12.3 Å². The molecular formula is C18H21FN4O3. The van der Waals surface area contributed by atoms with E-state index in [0.29, 0.717) is 25.2 Å². The number of carbonyl (C=O) groups excluding carboxylic acids is 2. The van der Waals surface area contributed by atoms with Gasteiger partial charge in [0.15, 0.2) is 11.6 Å². The lowest BCUT2D eigenvalue weighted by Crippen LogP contribution is -2.37. The minimum Gasteiger partial charge on any atom is -0.484 e. The number of halogens is 1. The van der Waals surface area contributed by atoms with Gasteiger partial charge in [-0.25, -0.2) is 4.39 Å². The number of likely N-dealkylation sites (tertiary alicyclic amines) is 1. The van der Waals surface area contributed by atoms with Crippen LogP contribution >= 0.6 is 0 Å². The molecular weight excluding hydrogens is 339 g/mol. The molecule has 3 rings (SSSR count). The molecule has 1 aromatic heterocycles. The van der Waals surface area contributed by atoms with Crippen LogP contribution in [0.15, 0.2) is 30.3 Å². The van der Waals surface area contributed by atoms with Crippen LogP contribution in [0.2, 0.25) is 0 Å². The van der Waals surface area contributed by atoms with Crippen LogP contribution in [0.1, 0.15) is 35.9 Å². The molecule has 0 saturated carbocycles. The smallest absolute Gasteiger partial charge is 0.272 e. The fourth-order valence-electron chi connectivity index (χ4n) is 2.88. The average molecular weight is 360 g/mol. The second kappa shape index (κ2) is 7.99. The van der Waals surface area contributed by atoms with Crippen molar-refractivity contribution in [2.75, 3.05) is 13.1 Å². The van der Waals surface area contributed by atoms with E-state index < -0.39 is 5.82 Å². The highest BCUT2D eigenvalue weighted by Crippen LogP contribution is 2.17. The molecule has 2 amide bonds. The third-order valence-corrected chi connectivity index (χ3v) is 4.13. The summed E-state index contributed by atoms with van der Waals surface area (Å²) in [5.41, 5.74) is 0.757. The molecule has 2 heterocycles. The quantitative estimate of drug-likeness (QED) is 0.789. The molecule has 1 aliphatic rings. The largest absolute Gasteiger partial charge is 0.484 e. The van der Waals surface area contributed by atoms with E-state index >= 15 is 0 Å². The first-order chi connectivity index (χ1) is 12.6. The Hall–Kier alpha value is -2.90. The number of carbonyl (C=O) groups is 2. The van der Waals surface area contributed by atoms with Crippen molar-refractivity contribution in [3.05, 3.63) is 47.5 Å². The Morgan fingerprint density at radius 3 is 3.04 bits per heavy atom. The fourth-order valence-corrected chi connectivity index (χ4v) is 2.88. The number of rotatable bonds is 7. The van der Waals surface area contributed by atoms with E-state index in [1.54, 1.807) is 23.1 Å². The van der Waals surface area contributed by atoms with Gasteiger partial charge in [-0.15, -0.1) is 0 Å². The van der Waals surface area contributed by atoms with E-state index in [0.717, 1.165) is 6.42 Å². The Morgan fingerprint density at radius 1 is 1.46 bits per heavy atom. The highest BCUT2D eigenvalue weighted by molar-refractivity contribution is 5.93. The molecule has 26 heavy (non-hydrogen) atoms. The second-order valence-corrected chi connectivity index (χ2v) is 6.21. The standard InChI is InChI=1S/C18H21FN4O3/c1-2-7-23-10-12(9-17(23)24)20-18(25)15-8-13(21-22-15)11-26-16-6-4-3-5-14(16)19/h3-6,8,12H,2,7,9-11H2,1H3,(H,20,25)(H,21,22). The molecule has 138 valence electrons. The summed E-state index contributed by atoms with van der Waals surface area (Å²) in [5, 5.41) is 9.49. The van der Waals surface area contributed by atoms with Crippen molar-refractivity contribution in [1.82, 2.24) is 20.4 Å². The number of aromatic nitrogens is 2. The molecule has 1 aromatic carbocycles. The Morgan fingerprint density at radius 2 is 2.27 bits per heavy atom. The number of aromatic amines is 1. The average Bonchev–Trinajstić information content (AvgIpc) is 3.22. The number of para-hydroxylation sites is 1. The molecule has 2 aromatic rings. The maximum atomic E-state index is 13.5. The zero-order chi connectivity index (χ0) is 18.5. The van der Waals surface area contributed by atoms with Gasteiger partial charge >= 0.3 is 0 Å². The molecule has 8 heteroatoms. The van der Waals surface area contributed by atoms with Crippen LogP contribution in [0.4, 0.5) is 4.39 Å². The van der Waals surface area contributed by atoms with Crippen LogP contribution in [0.5, 0.6) is 5.75 Å². The molecule has 2 N–H and O–H groups in total. The molecule has 0 aliphatic carbocycles. The number of hydrogen-bond acceptors (Lipinski definition) is 4. The van der Waals surface area contributed by atoms with Crippen LogP contribution in [-0.2, 0) is 11.4 Å². The van der Waals surface area contributed by atoms with Crippen molar-refractivity contribution in [3.63, 3.8) is 0 Å². The number of nitrogens with zero attached hydrogens (tertiary/aromatic N) is 2. The van der Waals surface area contributed by atoms with E-state index in [9.17, 15) is 14.0 Å². The summed E-state index contributed by atoms with van der Waals surface area (Å²) in [5.74, 6) is -0.617. The van der Waals surface area contributed by atoms with Crippen LogP contribution < -0.4 is 10.1 Å². The van der Waals surface area contributed by atoms with Gasteiger partial charge in [-0.1, -0.05) is 19.1 Å². The highest BCUT2D eigenvalue weighted by Gasteiger charge is 2.30.